The minimum absolute atomic E-state index is 0.418. The highest BCUT2D eigenvalue weighted by atomic mass is 16.4. The predicted octanol–water partition coefficient (Wildman–Crippen LogP) is 1.00. The number of carboxylic acid groups (broad SMARTS) is 1. The lowest BCUT2D eigenvalue weighted by Crippen LogP contribution is -2.51. The molecular formula is C12H17NO3. The Morgan fingerprint density at radius 3 is 2.38 bits per heavy atom. The van der Waals surface area contributed by atoms with Crippen molar-refractivity contribution in [2.75, 3.05) is 0 Å². The summed E-state index contributed by atoms with van der Waals surface area (Å²) in [6, 6.07) is 8.49. The molecule has 1 aromatic rings. The largest absolute Gasteiger partial charge is 0.480 e. The molecule has 0 fully saturated rings. The van der Waals surface area contributed by atoms with Crippen LogP contribution in [0.2, 0.25) is 0 Å². The van der Waals surface area contributed by atoms with E-state index in [0.29, 0.717) is 6.54 Å². The number of hydrogen-bond acceptors (Lipinski definition) is 3. The van der Waals surface area contributed by atoms with Gasteiger partial charge in [0.05, 0.1) is 5.60 Å². The van der Waals surface area contributed by atoms with Gasteiger partial charge in [0.2, 0.25) is 0 Å². The Balaban J connectivity index is 2.62. The Morgan fingerprint density at radius 1 is 1.38 bits per heavy atom. The van der Waals surface area contributed by atoms with E-state index < -0.39 is 17.6 Å². The molecule has 0 aliphatic heterocycles. The normalized spacial score (nSPS) is 13.4. The maximum Gasteiger partial charge on any atom is 0.323 e. The van der Waals surface area contributed by atoms with E-state index in [0.717, 1.165) is 5.56 Å². The zero-order valence-corrected chi connectivity index (χ0v) is 9.47. The number of carboxylic acids is 1. The lowest BCUT2D eigenvalue weighted by molar-refractivity contribution is -0.145. The molecule has 0 aliphatic carbocycles. The van der Waals surface area contributed by atoms with Crippen LogP contribution >= 0.6 is 0 Å². The first kappa shape index (κ1) is 12.7. The lowest BCUT2D eigenvalue weighted by atomic mass is 9.99. The highest BCUT2D eigenvalue weighted by Gasteiger charge is 2.32. The third-order valence-electron chi connectivity index (χ3n) is 2.31. The number of nitrogens with one attached hydrogen (secondary N) is 1. The summed E-state index contributed by atoms with van der Waals surface area (Å²) in [5.74, 6) is -1.05. The number of aliphatic hydroxyl groups is 1. The molecule has 0 saturated heterocycles. The Hall–Kier alpha value is -1.39. The van der Waals surface area contributed by atoms with E-state index in [1.54, 1.807) is 0 Å². The van der Waals surface area contributed by atoms with Gasteiger partial charge >= 0.3 is 5.97 Å². The summed E-state index contributed by atoms with van der Waals surface area (Å²) in [6.45, 7) is 3.37. The summed E-state index contributed by atoms with van der Waals surface area (Å²) in [4.78, 5) is 10.9. The van der Waals surface area contributed by atoms with E-state index in [-0.39, 0.29) is 0 Å². The molecule has 3 N–H and O–H groups in total. The van der Waals surface area contributed by atoms with Crippen LogP contribution in [0.4, 0.5) is 0 Å². The Morgan fingerprint density at radius 2 is 1.94 bits per heavy atom. The molecule has 1 rings (SSSR count). The Kier molecular flexibility index (Phi) is 4.04. The first-order chi connectivity index (χ1) is 7.41. The molecule has 16 heavy (non-hydrogen) atoms. The summed E-state index contributed by atoms with van der Waals surface area (Å²) in [5.41, 5.74) is -0.307. The van der Waals surface area contributed by atoms with Gasteiger partial charge in [0.15, 0.2) is 0 Å². The third-order valence-corrected chi connectivity index (χ3v) is 2.31. The fourth-order valence-electron chi connectivity index (χ4n) is 1.46. The zero-order valence-electron chi connectivity index (χ0n) is 9.47. The molecular weight excluding hydrogens is 206 g/mol. The van der Waals surface area contributed by atoms with E-state index in [1.807, 2.05) is 30.3 Å². The molecule has 0 bridgehead atoms. The quantitative estimate of drug-likeness (QED) is 0.696. The number of aliphatic carboxylic acids is 1. The average molecular weight is 223 g/mol. The SMILES string of the molecule is CC(C)(O)[C@@H](NCc1ccccc1)C(=O)O. The molecule has 0 saturated carbocycles. The van der Waals surface area contributed by atoms with Crippen molar-refractivity contribution in [3.05, 3.63) is 35.9 Å². The van der Waals surface area contributed by atoms with Crippen molar-refractivity contribution in [2.24, 2.45) is 0 Å². The van der Waals surface area contributed by atoms with Crippen molar-refractivity contribution in [1.82, 2.24) is 5.32 Å². The van der Waals surface area contributed by atoms with Crippen LogP contribution in [0.3, 0.4) is 0 Å². The van der Waals surface area contributed by atoms with Crippen LogP contribution in [0.25, 0.3) is 0 Å². The fraction of sp³-hybridized carbons (Fsp3) is 0.417. The second kappa shape index (κ2) is 5.09. The second-order valence-corrected chi connectivity index (χ2v) is 4.29. The summed E-state index contributed by atoms with van der Waals surface area (Å²) in [6.07, 6.45) is 0. The smallest absolute Gasteiger partial charge is 0.323 e. The van der Waals surface area contributed by atoms with Gasteiger partial charge in [-0.15, -0.1) is 0 Å². The van der Waals surface area contributed by atoms with Gasteiger partial charge in [-0.25, -0.2) is 0 Å². The van der Waals surface area contributed by atoms with Gasteiger partial charge in [-0.3, -0.25) is 10.1 Å². The van der Waals surface area contributed by atoms with Crippen molar-refractivity contribution >= 4 is 5.97 Å². The van der Waals surface area contributed by atoms with Crippen LogP contribution < -0.4 is 5.32 Å². The molecule has 1 aromatic carbocycles. The first-order valence-electron chi connectivity index (χ1n) is 5.14. The number of benzene rings is 1. The molecule has 4 nitrogen and oxygen atoms in total. The van der Waals surface area contributed by atoms with E-state index in [1.165, 1.54) is 13.8 Å². The average Bonchev–Trinajstić information content (AvgIpc) is 2.17. The Bertz CT molecular complexity index is 343. The summed E-state index contributed by atoms with van der Waals surface area (Å²) < 4.78 is 0. The van der Waals surface area contributed by atoms with Gasteiger partial charge in [-0.1, -0.05) is 30.3 Å². The maximum atomic E-state index is 10.9. The standard InChI is InChI=1S/C12H17NO3/c1-12(2,16)10(11(14)15)13-8-9-6-4-3-5-7-9/h3-7,10,13,16H,8H2,1-2H3,(H,14,15)/t10-/m0/s1. The summed E-state index contributed by atoms with van der Waals surface area (Å²) in [5, 5.41) is 21.5. The van der Waals surface area contributed by atoms with Crippen LogP contribution in [0.15, 0.2) is 30.3 Å². The molecule has 4 heteroatoms. The van der Waals surface area contributed by atoms with Gasteiger partial charge in [-0.2, -0.15) is 0 Å². The van der Waals surface area contributed by atoms with Crippen LogP contribution in [-0.2, 0) is 11.3 Å². The molecule has 1 atom stereocenters. The first-order valence-corrected chi connectivity index (χ1v) is 5.14. The monoisotopic (exact) mass is 223 g/mol. The summed E-state index contributed by atoms with van der Waals surface area (Å²) >= 11 is 0. The van der Waals surface area contributed by atoms with Crippen molar-refractivity contribution in [3.8, 4) is 0 Å². The van der Waals surface area contributed by atoms with Gasteiger partial charge in [0.25, 0.3) is 0 Å². The van der Waals surface area contributed by atoms with E-state index in [2.05, 4.69) is 5.32 Å². The zero-order chi connectivity index (χ0) is 12.2. The molecule has 0 aromatic heterocycles. The topological polar surface area (TPSA) is 69.6 Å². The van der Waals surface area contributed by atoms with Crippen molar-refractivity contribution in [2.45, 2.75) is 32.0 Å². The minimum atomic E-state index is -1.29. The van der Waals surface area contributed by atoms with E-state index in [9.17, 15) is 9.90 Å². The molecule has 0 aliphatic rings. The molecule has 0 radical (unpaired) electrons. The number of hydrogen-bond donors (Lipinski definition) is 3. The molecule has 0 amide bonds. The maximum absolute atomic E-state index is 10.9. The van der Waals surface area contributed by atoms with Crippen molar-refractivity contribution in [3.63, 3.8) is 0 Å². The molecule has 0 unspecified atom stereocenters. The fourth-order valence-corrected chi connectivity index (χ4v) is 1.46. The molecule has 0 spiro atoms. The summed E-state index contributed by atoms with van der Waals surface area (Å²) in [7, 11) is 0. The van der Waals surface area contributed by atoms with Crippen LogP contribution in [0.5, 0.6) is 0 Å². The van der Waals surface area contributed by atoms with E-state index >= 15 is 0 Å². The predicted molar refractivity (Wildman–Crippen MR) is 61.0 cm³/mol. The molecule has 88 valence electrons. The third kappa shape index (κ3) is 3.64. The van der Waals surface area contributed by atoms with Crippen LogP contribution in [-0.4, -0.2) is 27.8 Å². The Labute approximate surface area is 94.9 Å². The van der Waals surface area contributed by atoms with Crippen LogP contribution in [0.1, 0.15) is 19.4 Å². The van der Waals surface area contributed by atoms with Gasteiger partial charge in [0.1, 0.15) is 6.04 Å². The molecule has 0 heterocycles. The number of carbonyl (C=O) groups is 1. The van der Waals surface area contributed by atoms with Crippen LogP contribution in [0, 0.1) is 0 Å². The van der Waals surface area contributed by atoms with E-state index in [4.69, 9.17) is 5.11 Å². The highest BCUT2D eigenvalue weighted by Crippen LogP contribution is 2.10. The van der Waals surface area contributed by atoms with Gasteiger partial charge in [-0.05, 0) is 19.4 Å². The van der Waals surface area contributed by atoms with Crippen molar-refractivity contribution < 1.29 is 15.0 Å². The number of rotatable bonds is 5. The lowest BCUT2D eigenvalue weighted by Gasteiger charge is -2.26. The van der Waals surface area contributed by atoms with Crippen molar-refractivity contribution in [1.29, 1.82) is 0 Å². The minimum Gasteiger partial charge on any atom is -0.480 e. The second-order valence-electron chi connectivity index (χ2n) is 4.29. The van der Waals surface area contributed by atoms with Gasteiger partial charge < -0.3 is 10.2 Å². The highest BCUT2D eigenvalue weighted by molar-refractivity contribution is 5.75. The van der Waals surface area contributed by atoms with Gasteiger partial charge in [0, 0.05) is 6.54 Å².